The van der Waals surface area contributed by atoms with Gasteiger partial charge in [-0.3, -0.25) is 14.5 Å². The van der Waals surface area contributed by atoms with E-state index in [2.05, 4.69) is 20.8 Å². The van der Waals surface area contributed by atoms with Crippen molar-refractivity contribution in [1.29, 1.82) is 0 Å². The molecule has 3 aromatic rings. The number of carbonyl (C=O) groups excluding carboxylic acids is 1. The van der Waals surface area contributed by atoms with Gasteiger partial charge in [0, 0.05) is 30.7 Å². The second-order valence-corrected chi connectivity index (χ2v) is 8.85. The maximum Gasteiger partial charge on any atom is 0.290 e. The second-order valence-electron chi connectivity index (χ2n) is 7.93. The molecule has 1 saturated heterocycles. The Labute approximate surface area is 188 Å². The van der Waals surface area contributed by atoms with Crippen LogP contribution in [0.1, 0.15) is 34.1 Å². The molecule has 1 aromatic heterocycles. The summed E-state index contributed by atoms with van der Waals surface area (Å²) < 4.78 is 12.3. The molecule has 0 saturated carbocycles. The molecule has 3 heterocycles. The van der Waals surface area contributed by atoms with Crippen LogP contribution in [0.4, 0.5) is 0 Å². The van der Waals surface area contributed by atoms with Crippen LogP contribution in [0, 0.1) is 0 Å². The normalized spacial score (nSPS) is 19.2. The molecule has 2 aliphatic heterocycles. The Hall–Kier alpha value is -2.48. The SMILES string of the molecule is O=C1c2oc3ccccc3c(=O)c2[C@@H](c2ccc(Br)cc2)N1CCCN1CCOCC1. The Bertz CT molecular complexity index is 1170. The van der Waals surface area contributed by atoms with Crippen LogP contribution in [0.15, 0.2) is 62.2 Å². The summed E-state index contributed by atoms with van der Waals surface area (Å²) in [6.45, 7) is 4.77. The van der Waals surface area contributed by atoms with Crippen LogP contribution in [-0.4, -0.2) is 55.1 Å². The van der Waals surface area contributed by atoms with Gasteiger partial charge in [0.1, 0.15) is 5.58 Å². The predicted molar refractivity (Wildman–Crippen MR) is 121 cm³/mol. The highest BCUT2D eigenvalue weighted by Gasteiger charge is 2.42. The van der Waals surface area contributed by atoms with Crippen molar-refractivity contribution < 1.29 is 13.9 Å². The minimum absolute atomic E-state index is 0.131. The van der Waals surface area contributed by atoms with E-state index in [1.165, 1.54) is 0 Å². The molecule has 1 fully saturated rings. The molecule has 0 spiro atoms. The highest BCUT2D eigenvalue weighted by atomic mass is 79.9. The molecule has 0 N–H and O–H groups in total. The molecule has 0 aliphatic carbocycles. The van der Waals surface area contributed by atoms with E-state index in [4.69, 9.17) is 9.15 Å². The number of morpholine rings is 1. The standard InChI is InChI=1S/C24H23BrN2O4/c25-17-8-6-16(7-9-17)21-20-22(28)18-4-1-2-5-19(18)31-23(20)24(29)27(21)11-3-10-26-12-14-30-15-13-26/h1-2,4-9,21H,3,10-15H2/t21-/m1/s1. The Kier molecular flexibility index (Phi) is 5.65. The van der Waals surface area contributed by atoms with E-state index in [0.717, 1.165) is 49.3 Å². The minimum Gasteiger partial charge on any atom is -0.450 e. The molecular formula is C24H23BrN2O4. The van der Waals surface area contributed by atoms with Crippen LogP contribution in [0.25, 0.3) is 11.0 Å². The fraction of sp³-hybridized carbons (Fsp3) is 0.333. The lowest BCUT2D eigenvalue weighted by molar-refractivity contribution is 0.0353. The van der Waals surface area contributed by atoms with Gasteiger partial charge in [0.25, 0.3) is 5.91 Å². The zero-order valence-corrected chi connectivity index (χ0v) is 18.6. The lowest BCUT2D eigenvalue weighted by Crippen LogP contribution is -2.38. The topological polar surface area (TPSA) is 63.0 Å². The van der Waals surface area contributed by atoms with Gasteiger partial charge in [0.15, 0.2) is 5.43 Å². The Balaban J connectivity index is 1.52. The van der Waals surface area contributed by atoms with Gasteiger partial charge in [-0.05, 0) is 36.2 Å². The number of benzene rings is 2. The number of halogens is 1. The second kappa shape index (κ2) is 8.57. The maximum absolute atomic E-state index is 13.4. The fourth-order valence-corrected chi connectivity index (χ4v) is 4.74. The first kappa shape index (κ1) is 20.4. The zero-order valence-electron chi connectivity index (χ0n) is 17.1. The molecule has 7 heteroatoms. The first-order valence-corrected chi connectivity index (χ1v) is 11.3. The molecule has 160 valence electrons. The highest BCUT2D eigenvalue weighted by Crippen LogP contribution is 2.38. The van der Waals surface area contributed by atoms with Crippen molar-refractivity contribution in [1.82, 2.24) is 9.80 Å². The maximum atomic E-state index is 13.4. The molecule has 31 heavy (non-hydrogen) atoms. The van der Waals surface area contributed by atoms with Crippen molar-refractivity contribution >= 4 is 32.8 Å². The van der Waals surface area contributed by atoms with Crippen molar-refractivity contribution in [3.8, 4) is 0 Å². The van der Waals surface area contributed by atoms with Crippen molar-refractivity contribution in [2.24, 2.45) is 0 Å². The van der Waals surface area contributed by atoms with Crippen LogP contribution in [0.2, 0.25) is 0 Å². The smallest absolute Gasteiger partial charge is 0.290 e. The summed E-state index contributed by atoms with van der Waals surface area (Å²) in [6, 6.07) is 14.5. The summed E-state index contributed by atoms with van der Waals surface area (Å²) in [5.41, 5.74) is 1.67. The van der Waals surface area contributed by atoms with Crippen LogP contribution >= 0.6 is 15.9 Å². The number of amides is 1. The monoisotopic (exact) mass is 482 g/mol. The Morgan fingerprint density at radius 2 is 1.71 bits per heavy atom. The van der Waals surface area contributed by atoms with Crippen molar-refractivity contribution in [2.45, 2.75) is 12.5 Å². The number of hydrogen-bond donors (Lipinski definition) is 0. The zero-order chi connectivity index (χ0) is 21.4. The third kappa shape index (κ3) is 3.82. The van der Waals surface area contributed by atoms with Gasteiger partial charge in [0.05, 0.1) is 30.2 Å². The van der Waals surface area contributed by atoms with E-state index in [1.807, 2.05) is 36.4 Å². The summed E-state index contributed by atoms with van der Waals surface area (Å²) in [6.07, 6.45) is 0.820. The Morgan fingerprint density at radius 1 is 0.968 bits per heavy atom. The molecule has 2 aliphatic rings. The van der Waals surface area contributed by atoms with Gasteiger partial charge in [-0.1, -0.05) is 40.2 Å². The van der Waals surface area contributed by atoms with Gasteiger partial charge < -0.3 is 14.1 Å². The summed E-state index contributed by atoms with van der Waals surface area (Å²) in [4.78, 5) is 30.9. The molecule has 0 unspecified atom stereocenters. The summed E-state index contributed by atoms with van der Waals surface area (Å²) >= 11 is 3.47. The lowest BCUT2D eigenvalue weighted by atomic mass is 9.98. The van der Waals surface area contributed by atoms with Crippen molar-refractivity contribution in [2.75, 3.05) is 39.4 Å². The number of carbonyl (C=O) groups is 1. The molecule has 0 radical (unpaired) electrons. The molecule has 1 atom stereocenters. The van der Waals surface area contributed by atoms with E-state index < -0.39 is 6.04 Å². The van der Waals surface area contributed by atoms with Crippen molar-refractivity contribution in [3.63, 3.8) is 0 Å². The number of nitrogens with zero attached hydrogens (tertiary/aromatic N) is 2. The minimum atomic E-state index is -0.443. The average molecular weight is 483 g/mol. The Morgan fingerprint density at radius 3 is 2.48 bits per heavy atom. The van der Waals surface area contributed by atoms with Crippen LogP contribution in [0.5, 0.6) is 0 Å². The molecule has 1 amide bonds. The number of para-hydroxylation sites is 1. The van der Waals surface area contributed by atoms with E-state index in [-0.39, 0.29) is 17.1 Å². The quantitative estimate of drug-likeness (QED) is 0.552. The molecule has 5 rings (SSSR count). The lowest BCUT2D eigenvalue weighted by Gasteiger charge is -2.29. The van der Waals surface area contributed by atoms with Crippen LogP contribution in [0.3, 0.4) is 0 Å². The number of hydrogen-bond acceptors (Lipinski definition) is 5. The van der Waals surface area contributed by atoms with Crippen molar-refractivity contribution in [3.05, 3.63) is 80.1 Å². The summed E-state index contributed by atoms with van der Waals surface area (Å²) in [5, 5.41) is 0.506. The van der Waals surface area contributed by atoms with Gasteiger partial charge in [-0.2, -0.15) is 0 Å². The van der Waals surface area contributed by atoms with Gasteiger partial charge in [-0.15, -0.1) is 0 Å². The predicted octanol–water partition coefficient (Wildman–Crippen LogP) is 3.82. The number of ether oxygens (including phenoxy) is 1. The molecule has 0 bridgehead atoms. The number of rotatable bonds is 5. The van der Waals surface area contributed by atoms with Gasteiger partial charge in [0.2, 0.25) is 5.76 Å². The van der Waals surface area contributed by atoms with Crippen LogP contribution in [-0.2, 0) is 4.74 Å². The van der Waals surface area contributed by atoms with Crippen LogP contribution < -0.4 is 5.43 Å². The summed E-state index contributed by atoms with van der Waals surface area (Å²) in [7, 11) is 0. The first-order chi connectivity index (χ1) is 15.1. The van der Waals surface area contributed by atoms with E-state index >= 15 is 0 Å². The third-order valence-corrected chi connectivity index (χ3v) is 6.56. The number of fused-ring (bicyclic) bond motifs is 2. The van der Waals surface area contributed by atoms with E-state index in [9.17, 15) is 9.59 Å². The fourth-order valence-electron chi connectivity index (χ4n) is 4.48. The van der Waals surface area contributed by atoms with Gasteiger partial charge >= 0.3 is 0 Å². The average Bonchev–Trinajstić information content (AvgIpc) is 3.07. The third-order valence-electron chi connectivity index (χ3n) is 6.04. The summed E-state index contributed by atoms with van der Waals surface area (Å²) in [5.74, 6) is -0.0456. The first-order valence-electron chi connectivity index (χ1n) is 10.6. The largest absolute Gasteiger partial charge is 0.450 e. The molecule has 6 nitrogen and oxygen atoms in total. The van der Waals surface area contributed by atoms with E-state index in [1.54, 1.807) is 17.0 Å². The van der Waals surface area contributed by atoms with Gasteiger partial charge in [-0.25, -0.2) is 0 Å². The highest BCUT2D eigenvalue weighted by molar-refractivity contribution is 9.10. The molecular weight excluding hydrogens is 460 g/mol. The van der Waals surface area contributed by atoms with E-state index in [0.29, 0.717) is 23.1 Å². The molecule has 2 aromatic carbocycles.